The molecule has 4 nitrogen and oxygen atoms in total. The summed E-state index contributed by atoms with van der Waals surface area (Å²) in [6, 6.07) is 2.23. The van der Waals surface area contributed by atoms with Crippen molar-refractivity contribution in [2.45, 2.75) is 26.3 Å². The van der Waals surface area contributed by atoms with Crippen LogP contribution >= 0.6 is 0 Å². The van der Waals surface area contributed by atoms with E-state index in [0.29, 0.717) is 12.5 Å². The molecule has 1 aromatic rings. The van der Waals surface area contributed by atoms with Crippen molar-refractivity contribution in [1.29, 1.82) is 0 Å². The van der Waals surface area contributed by atoms with Crippen molar-refractivity contribution in [2.24, 2.45) is 0 Å². The molecule has 1 N–H and O–H groups in total. The van der Waals surface area contributed by atoms with Crippen LogP contribution in [0, 0.1) is 11.6 Å². The molecule has 1 aromatic carbocycles. The minimum Gasteiger partial charge on any atom is -0.480 e. The summed E-state index contributed by atoms with van der Waals surface area (Å²) in [6.45, 7) is 2.93. The standard InChI is InChI=1S/C13H15F2NO3/c1-3-8(2)16(7-12(17)18)13(19)10-5-4-9(14)6-11(10)15/h4-6,8H,3,7H2,1-2H3,(H,17,18). The van der Waals surface area contributed by atoms with Crippen molar-refractivity contribution < 1.29 is 23.5 Å². The first-order valence-corrected chi connectivity index (χ1v) is 5.84. The summed E-state index contributed by atoms with van der Waals surface area (Å²) in [5, 5.41) is 8.79. The van der Waals surface area contributed by atoms with Gasteiger partial charge in [0.15, 0.2) is 0 Å². The Morgan fingerprint density at radius 2 is 2.00 bits per heavy atom. The molecule has 0 aromatic heterocycles. The van der Waals surface area contributed by atoms with Gasteiger partial charge in [0.2, 0.25) is 0 Å². The molecular weight excluding hydrogens is 256 g/mol. The molecule has 6 heteroatoms. The fourth-order valence-corrected chi connectivity index (χ4v) is 1.61. The number of hydrogen-bond acceptors (Lipinski definition) is 2. The van der Waals surface area contributed by atoms with Crippen LogP contribution in [0.15, 0.2) is 18.2 Å². The third-order valence-corrected chi connectivity index (χ3v) is 2.85. The number of carbonyl (C=O) groups excluding carboxylic acids is 1. The molecule has 0 fully saturated rings. The van der Waals surface area contributed by atoms with Gasteiger partial charge in [-0.2, -0.15) is 0 Å². The van der Waals surface area contributed by atoms with Gasteiger partial charge in [0.25, 0.3) is 5.91 Å². The van der Waals surface area contributed by atoms with Crippen LogP contribution in [0.5, 0.6) is 0 Å². The summed E-state index contributed by atoms with van der Waals surface area (Å²) in [5.74, 6) is -3.73. The molecule has 0 saturated heterocycles. The first-order chi connectivity index (χ1) is 8.86. The van der Waals surface area contributed by atoms with Crippen molar-refractivity contribution in [2.75, 3.05) is 6.54 Å². The smallest absolute Gasteiger partial charge is 0.323 e. The molecule has 0 spiro atoms. The maximum Gasteiger partial charge on any atom is 0.323 e. The predicted octanol–water partition coefficient (Wildman–Crippen LogP) is 2.29. The number of amides is 1. The summed E-state index contributed by atoms with van der Waals surface area (Å²) in [4.78, 5) is 23.9. The Hall–Kier alpha value is -1.98. The molecule has 0 aliphatic heterocycles. The average Bonchev–Trinajstić information content (AvgIpc) is 2.34. The first kappa shape index (κ1) is 15.1. The highest BCUT2D eigenvalue weighted by atomic mass is 19.1. The van der Waals surface area contributed by atoms with Crippen molar-refractivity contribution >= 4 is 11.9 Å². The third kappa shape index (κ3) is 3.74. The van der Waals surface area contributed by atoms with E-state index in [4.69, 9.17) is 5.11 Å². The molecule has 0 bridgehead atoms. The zero-order chi connectivity index (χ0) is 14.6. The molecule has 0 saturated carbocycles. The molecule has 1 atom stereocenters. The lowest BCUT2D eigenvalue weighted by atomic mass is 10.1. The van der Waals surface area contributed by atoms with Crippen LogP contribution in [-0.4, -0.2) is 34.5 Å². The number of rotatable bonds is 5. The first-order valence-electron chi connectivity index (χ1n) is 5.84. The van der Waals surface area contributed by atoms with Gasteiger partial charge in [-0.05, 0) is 25.5 Å². The topological polar surface area (TPSA) is 57.6 Å². The predicted molar refractivity (Wildman–Crippen MR) is 64.8 cm³/mol. The van der Waals surface area contributed by atoms with Crippen LogP contribution in [-0.2, 0) is 4.79 Å². The van der Waals surface area contributed by atoms with E-state index in [1.165, 1.54) is 0 Å². The minimum atomic E-state index is -1.18. The summed E-state index contributed by atoms with van der Waals surface area (Å²) in [5.41, 5.74) is -0.331. The van der Waals surface area contributed by atoms with Gasteiger partial charge >= 0.3 is 5.97 Å². The maximum absolute atomic E-state index is 13.5. The summed E-state index contributed by atoms with van der Waals surface area (Å²) < 4.78 is 26.3. The Morgan fingerprint density at radius 1 is 1.37 bits per heavy atom. The van der Waals surface area contributed by atoms with E-state index in [1.54, 1.807) is 13.8 Å². The fourth-order valence-electron chi connectivity index (χ4n) is 1.61. The van der Waals surface area contributed by atoms with Gasteiger partial charge in [0.05, 0.1) is 5.56 Å². The Labute approximate surface area is 109 Å². The second-order valence-electron chi connectivity index (χ2n) is 4.21. The normalized spacial score (nSPS) is 12.0. The number of carbonyl (C=O) groups is 2. The van der Waals surface area contributed by atoms with Gasteiger partial charge < -0.3 is 10.0 Å². The zero-order valence-electron chi connectivity index (χ0n) is 10.7. The van der Waals surface area contributed by atoms with Gasteiger partial charge in [-0.15, -0.1) is 0 Å². The molecule has 1 rings (SSSR count). The van der Waals surface area contributed by atoms with Crippen molar-refractivity contribution in [3.05, 3.63) is 35.4 Å². The summed E-state index contributed by atoms with van der Waals surface area (Å²) in [7, 11) is 0. The Morgan fingerprint density at radius 3 is 2.47 bits per heavy atom. The third-order valence-electron chi connectivity index (χ3n) is 2.85. The molecule has 0 aliphatic rings. The molecule has 0 aliphatic carbocycles. The SMILES string of the molecule is CCC(C)N(CC(=O)O)C(=O)c1ccc(F)cc1F. The molecule has 0 radical (unpaired) electrons. The Kier molecular flexibility index (Phi) is 4.97. The van der Waals surface area contributed by atoms with Crippen molar-refractivity contribution in [3.8, 4) is 0 Å². The Bertz CT molecular complexity index is 491. The van der Waals surface area contributed by atoms with Gasteiger partial charge in [0.1, 0.15) is 18.2 Å². The van der Waals surface area contributed by atoms with Crippen LogP contribution in [0.1, 0.15) is 30.6 Å². The molecule has 0 heterocycles. The van der Waals surface area contributed by atoms with E-state index >= 15 is 0 Å². The number of carboxylic acid groups (broad SMARTS) is 1. The second kappa shape index (κ2) is 6.26. The highest BCUT2D eigenvalue weighted by molar-refractivity contribution is 5.96. The maximum atomic E-state index is 13.5. The number of benzene rings is 1. The molecule has 1 unspecified atom stereocenters. The van der Waals surface area contributed by atoms with E-state index in [-0.39, 0.29) is 11.6 Å². The minimum absolute atomic E-state index is 0.331. The van der Waals surface area contributed by atoms with Gasteiger partial charge in [-0.1, -0.05) is 6.92 Å². The lowest BCUT2D eigenvalue weighted by molar-refractivity contribution is -0.138. The lowest BCUT2D eigenvalue weighted by Crippen LogP contribution is -2.42. The Balaban J connectivity index is 3.08. The molecular formula is C13H15F2NO3. The van der Waals surface area contributed by atoms with Crippen LogP contribution in [0.2, 0.25) is 0 Å². The monoisotopic (exact) mass is 271 g/mol. The van der Waals surface area contributed by atoms with E-state index in [9.17, 15) is 18.4 Å². The van der Waals surface area contributed by atoms with E-state index in [1.807, 2.05) is 0 Å². The van der Waals surface area contributed by atoms with E-state index in [0.717, 1.165) is 17.0 Å². The largest absolute Gasteiger partial charge is 0.480 e. The van der Waals surface area contributed by atoms with Crippen LogP contribution in [0.3, 0.4) is 0 Å². The highest BCUT2D eigenvalue weighted by Gasteiger charge is 2.25. The zero-order valence-corrected chi connectivity index (χ0v) is 10.7. The lowest BCUT2D eigenvalue weighted by Gasteiger charge is -2.27. The number of hydrogen-bond donors (Lipinski definition) is 1. The van der Waals surface area contributed by atoms with Gasteiger partial charge in [-0.25, -0.2) is 8.78 Å². The van der Waals surface area contributed by atoms with E-state index < -0.39 is 30.1 Å². The van der Waals surface area contributed by atoms with Gasteiger partial charge in [-0.3, -0.25) is 9.59 Å². The van der Waals surface area contributed by atoms with Crippen molar-refractivity contribution in [1.82, 2.24) is 4.90 Å². The number of nitrogens with zero attached hydrogens (tertiary/aromatic N) is 1. The van der Waals surface area contributed by atoms with Gasteiger partial charge in [0, 0.05) is 12.1 Å². The number of aliphatic carboxylic acids is 1. The molecule has 1 amide bonds. The van der Waals surface area contributed by atoms with Crippen LogP contribution < -0.4 is 0 Å². The highest BCUT2D eigenvalue weighted by Crippen LogP contribution is 2.15. The average molecular weight is 271 g/mol. The molecule has 104 valence electrons. The second-order valence-corrected chi connectivity index (χ2v) is 4.21. The molecule has 19 heavy (non-hydrogen) atoms. The van der Waals surface area contributed by atoms with Crippen molar-refractivity contribution in [3.63, 3.8) is 0 Å². The number of carboxylic acids is 1. The van der Waals surface area contributed by atoms with E-state index in [2.05, 4.69) is 0 Å². The summed E-state index contributed by atoms with van der Waals surface area (Å²) in [6.07, 6.45) is 0.530. The number of halogens is 2. The quantitative estimate of drug-likeness (QED) is 0.893. The van der Waals surface area contributed by atoms with Crippen LogP contribution in [0.4, 0.5) is 8.78 Å². The fraction of sp³-hybridized carbons (Fsp3) is 0.385. The summed E-state index contributed by atoms with van der Waals surface area (Å²) >= 11 is 0. The van der Waals surface area contributed by atoms with Crippen LogP contribution in [0.25, 0.3) is 0 Å².